The molecule has 0 amide bonds. The van der Waals surface area contributed by atoms with Crippen molar-refractivity contribution in [1.29, 1.82) is 0 Å². The van der Waals surface area contributed by atoms with Crippen molar-refractivity contribution >= 4 is 11.8 Å². The highest BCUT2D eigenvalue weighted by atomic mass is 32.2. The van der Waals surface area contributed by atoms with Crippen LogP contribution in [0.2, 0.25) is 0 Å². The van der Waals surface area contributed by atoms with E-state index in [-0.39, 0.29) is 0 Å². The van der Waals surface area contributed by atoms with Gasteiger partial charge in [-0.3, -0.25) is 0 Å². The SMILES string of the molecule is C=CSC=C.Oc1ccccc1. The molecule has 1 aromatic rings. The van der Waals surface area contributed by atoms with Crippen molar-refractivity contribution in [2.45, 2.75) is 0 Å². The summed E-state index contributed by atoms with van der Waals surface area (Å²) in [6.07, 6.45) is 0. The molecule has 2 heteroatoms. The molecular weight excluding hydrogens is 168 g/mol. The van der Waals surface area contributed by atoms with E-state index in [4.69, 9.17) is 5.11 Å². The number of phenols is 1. The number of benzene rings is 1. The van der Waals surface area contributed by atoms with Gasteiger partial charge in [0.2, 0.25) is 0 Å². The Bertz CT molecular complexity index is 213. The largest absolute Gasteiger partial charge is 0.508 e. The van der Waals surface area contributed by atoms with Crippen molar-refractivity contribution in [3.05, 3.63) is 54.3 Å². The predicted octanol–water partition coefficient (Wildman–Crippen LogP) is 3.40. The van der Waals surface area contributed by atoms with Crippen molar-refractivity contribution in [2.75, 3.05) is 0 Å². The molecule has 0 saturated heterocycles. The highest BCUT2D eigenvalue weighted by molar-refractivity contribution is 8.04. The summed E-state index contributed by atoms with van der Waals surface area (Å²) in [5.41, 5.74) is 0. The fraction of sp³-hybridized carbons (Fsp3) is 0. The number of aromatic hydroxyl groups is 1. The van der Waals surface area contributed by atoms with Gasteiger partial charge >= 0.3 is 0 Å². The third-order valence-corrected chi connectivity index (χ3v) is 1.33. The number of hydrogen-bond acceptors (Lipinski definition) is 2. The van der Waals surface area contributed by atoms with Crippen LogP contribution in [0.15, 0.2) is 54.3 Å². The van der Waals surface area contributed by atoms with E-state index in [1.807, 2.05) is 6.07 Å². The van der Waals surface area contributed by atoms with E-state index in [1.165, 1.54) is 11.8 Å². The molecule has 0 fully saturated rings. The Kier molecular flexibility index (Phi) is 7.19. The number of hydrogen-bond donors (Lipinski definition) is 1. The maximum absolute atomic E-state index is 8.63. The normalized spacial score (nSPS) is 7.67. The van der Waals surface area contributed by atoms with Gasteiger partial charge in [-0.2, -0.15) is 0 Å². The zero-order chi connectivity index (χ0) is 9.23. The van der Waals surface area contributed by atoms with E-state index in [0.29, 0.717) is 5.75 Å². The maximum Gasteiger partial charge on any atom is 0.115 e. The van der Waals surface area contributed by atoms with Crippen LogP contribution < -0.4 is 0 Å². The van der Waals surface area contributed by atoms with Crippen molar-refractivity contribution in [1.82, 2.24) is 0 Å². The molecule has 12 heavy (non-hydrogen) atoms. The number of phenolic OH excluding ortho intramolecular Hbond substituents is 1. The van der Waals surface area contributed by atoms with E-state index in [2.05, 4.69) is 13.2 Å². The van der Waals surface area contributed by atoms with Gasteiger partial charge in [0.15, 0.2) is 0 Å². The molecule has 0 aliphatic rings. The Morgan fingerprint density at radius 1 is 1.08 bits per heavy atom. The monoisotopic (exact) mass is 180 g/mol. The van der Waals surface area contributed by atoms with Crippen LogP contribution in [0.3, 0.4) is 0 Å². The summed E-state index contributed by atoms with van der Waals surface area (Å²) in [7, 11) is 0. The van der Waals surface area contributed by atoms with Crippen molar-refractivity contribution in [3.8, 4) is 5.75 Å². The van der Waals surface area contributed by atoms with Crippen LogP contribution in [-0.4, -0.2) is 5.11 Å². The summed E-state index contributed by atoms with van der Waals surface area (Å²) in [5.74, 6) is 0.322. The molecule has 0 aromatic heterocycles. The van der Waals surface area contributed by atoms with Gasteiger partial charge in [0.05, 0.1) is 0 Å². The van der Waals surface area contributed by atoms with Gasteiger partial charge < -0.3 is 5.11 Å². The minimum atomic E-state index is 0.322. The zero-order valence-electron chi connectivity index (χ0n) is 6.81. The topological polar surface area (TPSA) is 20.2 Å². The average Bonchev–Trinajstić information content (AvgIpc) is 2.08. The van der Waals surface area contributed by atoms with Crippen molar-refractivity contribution < 1.29 is 5.11 Å². The lowest BCUT2D eigenvalue weighted by molar-refractivity contribution is 0.475. The van der Waals surface area contributed by atoms with Crippen molar-refractivity contribution in [3.63, 3.8) is 0 Å². The van der Waals surface area contributed by atoms with Crippen LogP contribution in [0, 0.1) is 0 Å². The molecule has 0 saturated carbocycles. The Hall–Kier alpha value is -1.15. The second kappa shape index (κ2) is 7.95. The highest BCUT2D eigenvalue weighted by Crippen LogP contribution is 2.02. The summed E-state index contributed by atoms with van der Waals surface area (Å²) in [6.45, 7) is 6.88. The molecule has 1 rings (SSSR count). The van der Waals surface area contributed by atoms with Crippen LogP contribution in [0.1, 0.15) is 0 Å². The van der Waals surface area contributed by atoms with E-state index < -0.39 is 0 Å². The first-order chi connectivity index (χ1) is 5.81. The standard InChI is InChI=1S/C6H6O.C4H6S/c7-6-4-2-1-3-5-6;1-3-5-4-2/h1-5,7H;3-4H,1-2H2. The van der Waals surface area contributed by atoms with Crippen molar-refractivity contribution in [2.24, 2.45) is 0 Å². The van der Waals surface area contributed by atoms with Crippen LogP contribution in [0.25, 0.3) is 0 Å². The third-order valence-electron chi connectivity index (χ3n) is 0.949. The summed E-state index contributed by atoms with van der Waals surface area (Å²) in [6, 6.07) is 8.71. The summed E-state index contributed by atoms with van der Waals surface area (Å²) in [5, 5.41) is 12.1. The summed E-state index contributed by atoms with van der Waals surface area (Å²) in [4.78, 5) is 0. The summed E-state index contributed by atoms with van der Waals surface area (Å²) < 4.78 is 0. The van der Waals surface area contributed by atoms with E-state index in [9.17, 15) is 0 Å². The van der Waals surface area contributed by atoms with E-state index >= 15 is 0 Å². The Labute approximate surface area is 77.4 Å². The smallest absolute Gasteiger partial charge is 0.115 e. The number of thioether (sulfide) groups is 1. The third kappa shape index (κ3) is 6.96. The fourth-order valence-corrected chi connectivity index (χ4v) is 0.632. The lowest BCUT2D eigenvalue weighted by Crippen LogP contribution is -1.56. The first kappa shape index (κ1) is 10.8. The number of rotatable bonds is 2. The number of para-hydroxylation sites is 1. The Morgan fingerprint density at radius 3 is 1.75 bits per heavy atom. The lowest BCUT2D eigenvalue weighted by Gasteiger charge is -1.82. The van der Waals surface area contributed by atoms with Gasteiger partial charge in [-0.15, -0.1) is 11.8 Å². The lowest BCUT2D eigenvalue weighted by atomic mass is 10.3. The molecule has 0 heterocycles. The first-order valence-electron chi connectivity index (χ1n) is 3.42. The highest BCUT2D eigenvalue weighted by Gasteiger charge is 1.74. The molecule has 0 unspecified atom stereocenters. The van der Waals surface area contributed by atoms with Gasteiger partial charge in [0, 0.05) is 0 Å². The van der Waals surface area contributed by atoms with Crippen LogP contribution in [-0.2, 0) is 0 Å². The molecule has 1 nitrogen and oxygen atoms in total. The molecule has 0 aliphatic heterocycles. The maximum atomic E-state index is 8.63. The molecule has 0 spiro atoms. The van der Waals surface area contributed by atoms with Crippen LogP contribution in [0.4, 0.5) is 0 Å². The van der Waals surface area contributed by atoms with E-state index in [1.54, 1.807) is 35.1 Å². The molecule has 64 valence electrons. The van der Waals surface area contributed by atoms with Gasteiger partial charge in [-0.25, -0.2) is 0 Å². The van der Waals surface area contributed by atoms with E-state index in [0.717, 1.165) is 0 Å². The molecule has 0 radical (unpaired) electrons. The molecule has 1 N–H and O–H groups in total. The zero-order valence-corrected chi connectivity index (χ0v) is 7.63. The predicted molar refractivity (Wildman–Crippen MR) is 56.1 cm³/mol. The van der Waals surface area contributed by atoms with Gasteiger partial charge in [0.1, 0.15) is 5.75 Å². The molecule has 0 bridgehead atoms. The Morgan fingerprint density at radius 2 is 1.58 bits per heavy atom. The molecule has 0 aliphatic carbocycles. The average molecular weight is 180 g/mol. The molecular formula is C10H12OS. The van der Waals surface area contributed by atoms with Gasteiger partial charge in [0.25, 0.3) is 0 Å². The molecule has 0 atom stereocenters. The van der Waals surface area contributed by atoms with Gasteiger partial charge in [-0.05, 0) is 22.9 Å². The quantitative estimate of drug-likeness (QED) is 0.752. The minimum Gasteiger partial charge on any atom is -0.508 e. The second-order valence-electron chi connectivity index (χ2n) is 1.80. The summed E-state index contributed by atoms with van der Waals surface area (Å²) >= 11 is 1.49. The minimum absolute atomic E-state index is 0.322. The Balaban J connectivity index is 0.000000217. The van der Waals surface area contributed by atoms with Crippen LogP contribution in [0.5, 0.6) is 5.75 Å². The second-order valence-corrected chi connectivity index (χ2v) is 2.74. The fourth-order valence-electron chi connectivity index (χ4n) is 0.496. The van der Waals surface area contributed by atoms with Gasteiger partial charge in [-0.1, -0.05) is 31.4 Å². The molecule has 1 aromatic carbocycles. The van der Waals surface area contributed by atoms with Crippen LogP contribution >= 0.6 is 11.8 Å². The first-order valence-corrected chi connectivity index (χ1v) is 4.37.